The second-order valence-electron chi connectivity index (χ2n) is 4.88. The maximum Gasteiger partial charge on any atom is 0.214 e. The van der Waals surface area contributed by atoms with Crippen molar-refractivity contribution in [3.05, 3.63) is 24.6 Å². The highest BCUT2D eigenvalue weighted by Gasteiger charge is 2.10. The summed E-state index contributed by atoms with van der Waals surface area (Å²) in [5.74, 6) is 1.14. The van der Waals surface area contributed by atoms with Gasteiger partial charge >= 0.3 is 0 Å². The van der Waals surface area contributed by atoms with Crippen molar-refractivity contribution in [3.63, 3.8) is 0 Å². The highest BCUT2D eigenvalue weighted by Crippen LogP contribution is 2.06. The molecule has 0 bridgehead atoms. The lowest BCUT2D eigenvalue weighted by molar-refractivity contribution is 0.258. The van der Waals surface area contributed by atoms with Gasteiger partial charge in [0.2, 0.25) is 5.90 Å². The van der Waals surface area contributed by atoms with Crippen LogP contribution in [0.4, 0.5) is 0 Å². The van der Waals surface area contributed by atoms with E-state index in [2.05, 4.69) is 42.6 Å². The molecule has 4 nitrogen and oxygen atoms in total. The number of ether oxygens (including phenoxy) is 1. The third-order valence-electron chi connectivity index (χ3n) is 2.73. The minimum Gasteiger partial charge on any atom is -0.477 e. The van der Waals surface area contributed by atoms with Crippen molar-refractivity contribution in [2.45, 2.75) is 48.5 Å². The lowest BCUT2D eigenvalue weighted by Crippen LogP contribution is -2.42. The lowest BCUT2D eigenvalue weighted by atomic mass is 10.2. The third-order valence-corrected chi connectivity index (χ3v) is 2.73. The molecule has 0 spiro atoms. The van der Waals surface area contributed by atoms with Crippen LogP contribution in [-0.2, 0) is 4.74 Å². The summed E-state index contributed by atoms with van der Waals surface area (Å²) in [5.41, 5.74) is 1.20. The van der Waals surface area contributed by atoms with Gasteiger partial charge in [0.25, 0.3) is 0 Å². The van der Waals surface area contributed by atoms with Crippen LogP contribution < -0.4 is 5.32 Å². The summed E-state index contributed by atoms with van der Waals surface area (Å²) in [7, 11) is 0. The van der Waals surface area contributed by atoms with E-state index in [4.69, 9.17) is 4.74 Å². The molecule has 1 saturated heterocycles. The van der Waals surface area contributed by atoms with Crippen molar-refractivity contribution in [1.29, 1.82) is 0 Å². The van der Waals surface area contributed by atoms with Gasteiger partial charge in [-0.3, -0.25) is 0 Å². The molecule has 1 rings (SSSR count). The van der Waals surface area contributed by atoms with Crippen LogP contribution in [0.5, 0.6) is 0 Å². The number of piperazine rings is 1. The van der Waals surface area contributed by atoms with Crippen molar-refractivity contribution >= 4 is 5.90 Å². The molecular formula is C18H37N3O. The van der Waals surface area contributed by atoms with E-state index in [0.29, 0.717) is 18.4 Å². The minimum atomic E-state index is 0.493. The highest BCUT2D eigenvalue weighted by molar-refractivity contribution is 5.88. The first-order valence-corrected chi connectivity index (χ1v) is 8.59. The first-order valence-electron chi connectivity index (χ1n) is 8.59. The maximum absolute atomic E-state index is 5.67. The zero-order valence-electron chi connectivity index (χ0n) is 15.8. The second kappa shape index (κ2) is 16.1. The van der Waals surface area contributed by atoms with Gasteiger partial charge in [0.15, 0.2) is 0 Å². The average Bonchev–Trinajstić information content (AvgIpc) is 2.57. The number of nitrogens with one attached hydrogen (secondary N) is 1. The van der Waals surface area contributed by atoms with E-state index in [1.54, 1.807) is 0 Å². The fourth-order valence-electron chi connectivity index (χ4n) is 1.75. The van der Waals surface area contributed by atoms with Gasteiger partial charge in [0, 0.05) is 44.2 Å². The van der Waals surface area contributed by atoms with Gasteiger partial charge in [-0.1, -0.05) is 48.1 Å². The largest absolute Gasteiger partial charge is 0.477 e. The summed E-state index contributed by atoms with van der Waals surface area (Å²) >= 11 is 0. The Morgan fingerprint density at radius 2 is 1.77 bits per heavy atom. The molecule has 0 unspecified atom stereocenters. The van der Waals surface area contributed by atoms with Crippen molar-refractivity contribution in [1.82, 2.24) is 10.2 Å². The Balaban J connectivity index is 0. The first kappa shape index (κ1) is 23.0. The molecule has 0 amide bonds. The van der Waals surface area contributed by atoms with Crippen LogP contribution in [0, 0.1) is 5.92 Å². The lowest BCUT2D eigenvalue weighted by Gasteiger charge is -2.30. The predicted octanol–water partition coefficient (Wildman–Crippen LogP) is 4.06. The normalized spacial score (nSPS) is 15.4. The molecule has 1 heterocycles. The van der Waals surface area contributed by atoms with Gasteiger partial charge in [0.05, 0.1) is 6.61 Å². The van der Waals surface area contributed by atoms with Crippen molar-refractivity contribution in [3.8, 4) is 0 Å². The number of rotatable bonds is 5. The van der Waals surface area contributed by atoms with Gasteiger partial charge in [-0.05, 0) is 12.8 Å². The predicted molar refractivity (Wildman–Crippen MR) is 99.3 cm³/mol. The highest BCUT2D eigenvalue weighted by atomic mass is 16.5. The van der Waals surface area contributed by atoms with Gasteiger partial charge in [-0.25, -0.2) is 4.99 Å². The summed E-state index contributed by atoms with van der Waals surface area (Å²) in [5, 5.41) is 3.34. The van der Waals surface area contributed by atoms with Crippen LogP contribution in [0.2, 0.25) is 0 Å². The molecule has 0 aromatic carbocycles. The van der Waals surface area contributed by atoms with Crippen LogP contribution in [0.3, 0.4) is 0 Å². The first-order chi connectivity index (χ1) is 10.6. The molecule has 0 aliphatic carbocycles. The zero-order chi connectivity index (χ0) is 17.4. The zero-order valence-corrected chi connectivity index (χ0v) is 15.8. The summed E-state index contributed by atoms with van der Waals surface area (Å²) in [6.45, 7) is 22.8. The summed E-state index contributed by atoms with van der Waals surface area (Å²) in [6.07, 6.45) is 3.52. The fraction of sp³-hybridized carbons (Fsp3) is 0.722. The van der Waals surface area contributed by atoms with E-state index in [-0.39, 0.29) is 0 Å². The Labute approximate surface area is 138 Å². The van der Waals surface area contributed by atoms with Crippen molar-refractivity contribution < 1.29 is 4.74 Å². The van der Waals surface area contributed by atoms with Gasteiger partial charge in [-0.2, -0.15) is 0 Å². The van der Waals surface area contributed by atoms with Crippen LogP contribution in [0.15, 0.2) is 29.5 Å². The maximum atomic E-state index is 5.67. The second-order valence-corrected chi connectivity index (χ2v) is 4.88. The Morgan fingerprint density at radius 1 is 1.23 bits per heavy atom. The standard InChI is InChI=1S/C14H25N3O.2C2H6/c1-5-16-14(18-11-12(2)3)10-13(4)17-8-6-15-7-9-17;2*1-2/h5,10,12,15H,1,6-9,11H2,2-4H3;2*1-2H3/b13-10+,16-14?;;. The van der Waals surface area contributed by atoms with Crippen LogP contribution in [0.1, 0.15) is 48.5 Å². The van der Waals surface area contributed by atoms with Gasteiger partial charge in [-0.15, -0.1) is 0 Å². The number of hydrogen-bond acceptors (Lipinski definition) is 4. The Morgan fingerprint density at radius 3 is 2.23 bits per heavy atom. The SMILES string of the molecule is C=CN=C(/C=C(\C)N1CCNCC1)OCC(C)C.CC.CC. The molecule has 0 saturated carbocycles. The summed E-state index contributed by atoms with van der Waals surface area (Å²) in [4.78, 5) is 6.51. The monoisotopic (exact) mass is 311 g/mol. The van der Waals surface area contributed by atoms with E-state index in [9.17, 15) is 0 Å². The molecule has 1 N–H and O–H groups in total. The molecule has 1 aliphatic rings. The molecule has 0 aromatic rings. The fourth-order valence-corrected chi connectivity index (χ4v) is 1.75. The smallest absolute Gasteiger partial charge is 0.214 e. The number of hydrogen-bond donors (Lipinski definition) is 1. The van der Waals surface area contributed by atoms with E-state index >= 15 is 0 Å². The van der Waals surface area contributed by atoms with Crippen molar-refractivity contribution in [2.75, 3.05) is 32.8 Å². The topological polar surface area (TPSA) is 36.9 Å². The molecule has 130 valence electrons. The molecule has 0 aromatic heterocycles. The van der Waals surface area contributed by atoms with E-state index < -0.39 is 0 Å². The van der Waals surface area contributed by atoms with E-state index in [0.717, 1.165) is 26.2 Å². The number of nitrogens with zero attached hydrogens (tertiary/aromatic N) is 2. The molecule has 0 atom stereocenters. The molecule has 22 heavy (non-hydrogen) atoms. The minimum absolute atomic E-state index is 0.493. The molecule has 4 heteroatoms. The average molecular weight is 312 g/mol. The summed E-state index contributed by atoms with van der Waals surface area (Å²) < 4.78 is 5.67. The van der Waals surface area contributed by atoms with E-state index in [1.807, 2.05) is 33.8 Å². The van der Waals surface area contributed by atoms with E-state index in [1.165, 1.54) is 11.9 Å². The number of aliphatic imine (C=N–C) groups is 1. The summed E-state index contributed by atoms with van der Waals surface area (Å²) in [6, 6.07) is 0. The third kappa shape index (κ3) is 11.4. The Bertz CT molecular complexity index is 316. The van der Waals surface area contributed by atoms with Crippen LogP contribution >= 0.6 is 0 Å². The van der Waals surface area contributed by atoms with Crippen molar-refractivity contribution in [2.24, 2.45) is 10.9 Å². The van der Waals surface area contributed by atoms with Crippen LogP contribution in [0.25, 0.3) is 0 Å². The molecule has 0 radical (unpaired) electrons. The van der Waals surface area contributed by atoms with Gasteiger partial charge in [0.1, 0.15) is 0 Å². The van der Waals surface area contributed by atoms with Crippen LogP contribution in [-0.4, -0.2) is 43.6 Å². The number of allylic oxidation sites excluding steroid dienone is 1. The molecule has 1 fully saturated rings. The van der Waals surface area contributed by atoms with Gasteiger partial charge < -0.3 is 15.0 Å². The molecule has 1 aliphatic heterocycles. The Kier molecular flexibility index (Phi) is 16.8. The Hall–Kier alpha value is -1.29. The molecular weight excluding hydrogens is 274 g/mol. The quantitative estimate of drug-likeness (QED) is 0.614.